The maximum atomic E-state index is 12.9. The van der Waals surface area contributed by atoms with Gasteiger partial charge in [-0.3, -0.25) is 14.4 Å². The third-order valence-corrected chi connectivity index (χ3v) is 5.48. The zero-order valence-corrected chi connectivity index (χ0v) is 22.6. The van der Waals surface area contributed by atoms with E-state index in [1.54, 1.807) is 30.3 Å². The fourth-order valence-corrected chi connectivity index (χ4v) is 3.66. The summed E-state index contributed by atoms with van der Waals surface area (Å²) in [6.07, 6.45) is 0.757. The zero-order chi connectivity index (χ0) is 23.3. The van der Waals surface area contributed by atoms with E-state index in [1.165, 1.54) is 0 Å². The molecule has 3 aromatic rings. The van der Waals surface area contributed by atoms with Crippen molar-refractivity contribution in [1.82, 2.24) is 5.32 Å². The lowest BCUT2D eigenvalue weighted by Crippen LogP contribution is -3.00. The average molecular weight is 624 g/mol. The van der Waals surface area contributed by atoms with Crippen molar-refractivity contribution in [1.29, 1.82) is 0 Å². The van der Waals surface area contributed by atoms with Crippen molar-refractivity contribution in [3.8, 4) is 0 Å². The second-order valence-corrected chi connectivity index (χ2v) is 9.57. The molecule has 6 nitrogen and oxygen atoms in total. The van der Waals surface area contributed by atoms with Gasteiger partial charge in [0.1, 0.15) is 0 Å². The molecule has 2 amide bonds. The third kappa shape index (κ3) is 7.62. The monoisotopic (exact) mass is 623 g/mol. The van der Waals surface area contributed by atoms with Gasteiger partial charge in [-0.15, -0.1) is 0 Å². The number of nitrogens with zero attached hydrogens (tertiary/aromatic N) is 1. The average Bonchev–Trinajstić information content (AvgIpc) is 2.76. The number of carbonyl (C=O) groups is 3. The number of hydrogen-bond donors (Lipinski definition) is 2. The quantitative estimate of drug-likeness (QED) is 0.130. The van der Waals surface area contributed by atoms with Gasteiger partial charge in [0.05, 0.1) is 38.9 Å². The summed E-state index contributed by atoms with van der Waals surface area (Å²) >= 11 is 3.34. The van der Waals surface area contributed by atoms with E-state index < -0.39 is 11.7 Å². The Labute approximate surface area is 219 Å². The molecule has 0 spiro atoms. The second kappa shape index (κ2) is 11.7. The number of rotatable bonds is 8. The van der Waals surface area contributed by atoms with E-state index in [2.05, 4.69) is 47.7 Å². The number of Topliss-reactive ketones (excluding diaryl/α,β-unsaturated/α-hetero) is 1. The zero-order valence-electron chi connectivity index (χ0n) is 18.8. The van der Waals surface area contributed by atoms with Crippen LogP contribution in [0.3, 0.4) is 0 Å². The first-order chi connectivity index (χ1) is 15.1. The van der Waals surface area contributed by atoms with Crippen LogP contribution in [0.5, 0.6) is 0 Å². The molecule has 0 saturated heterocycles. The van der Waals surface area contributed by atoms with Crippen LogP contribution in [0, 0.1) is 0 Å². The van der Waals surface area contributed by atoms with Crippen LogP contribution < -0.4 is 34.6 Å². The Kier molecular flexibility index (Phi) is 9.57. The van der Waals surface area contributed by atoms with Gasteiger partial charge in [-0.2, -0.15) is 0 Å². The fraction of sp³-hybridized carbons (Fsp3) is 0.240. The Balaban J connectivity index is 0.00000385. The van der Waals surface area contributed by atoms with Crippen molar-refractivity contribution in [2.24, 2.45) is 0 Å². The van der Waals surface area contributed by atoms with Crippen LogP contribution in [-0.4, -0.2) is 56.3 Å². The summed E-state index contributed by atoms with van der Waals surface area (Å²) < 4.78 is 1.42. The number of halogens is 2. The molecule has 2 N–H and O–H groups in total. The number of ketones is 1. The van der Waals surface area contributed by atoms with Gasteiger partial charge in [-0.05, 0) is 41.1 Å². The van der Waals surface area contributed by atoms with Crippen molar-refractivity contribution in [3.63, 3.8) is 0 Å². The lowest BCUT2D eigenvalue weighted by atomic mass is 10.1. The minimum absolute atomic E-state index is 0. The fourth-order valence-electron chi connectivity index (χ4n) is 3.30. The molecule has 8 heteroatoms. The highest BCUT2D eigenvalue weighted by atomic mass is 127. The Bertz CT molecular complexity index is 1180. The highest BCUT2D eigenvalue weighted by Crippen LogP contribution is 2.23. The van der Waals surface area contributed by atoms with Crippen molar-refractivity contribution >= 4 is 50.0 Å². The van der Waals surface area contributed by atoms with Crippen LogP contribution in [0.4, 0.5) is 5.69 Å². The molecule has 0 fully saturated rings. The molecule has 33 heavy (non-hydrogen) atoms. The van der Waals surface area contributed by atoms with E-state index in [-0.39, 0.29) is 41.1 Å². The van der Waals surface area contributed by atoms with E-state index in [0.29, 0.717) is 16.6 Å². The topological polar surface area (TPSA) is 75.3 Å². The number of amides is 2. The molecule has 0 heterocycles. The van der Waals surface area contributed by atoms with Gasteiger partial charge in [-0.1, -0.05) is 46.3 Å². The number of carbonyl (C=O) groups excluding carboxylic acids is 3. The van der Waals surface area contributed by atoms with Gasteiger partial charge in [0.2, 0.25) is 0 Å². The van der Waals surface area contributed by atoms with E-state index in [0.717, 1.165) is 28.2 Å². The minimum Gasteiger partial charge on any atom is -1.00 e. The molecule has 174 valence electrons. The molecule has 0 saturated carbocycles. The Morgan fingerprint density at radius 2 is 1.61 bits per heavy atom. The highest BCUT2D eigenvalue weighted by Gasteiger charge is 2.21. The Morgan fingerprint density at radius 3 is 2.30 bits per heavy atom. The van der Waals surface area contributed by atoms with Crippen molar-refractivity contribution in [2.45, 2.75) is 6.42 Å². The molecule has 3 aromatic carbocycles. The smallest absolute Gasteiger partial charge is 0.292 e. The van der Waals surface area contributed by atoms with E-state index >= 15 is 0 Å². The van der Waals surface area contributed by atoms with Crippen molar-refractivity contribution < 1.29 is 42.8 Å². The molecule has 0 aromatic heterocycles. The Morgan fingerprint density at radius 1 is 0.909 bits per heavy atom. The minimum atomic E-state index is -0.689. The van der Waals surface area contributed by atoms with Crippen molar-refractivity contribution in [3.05, 3.63) is 76.3 Å². The van der Waals surface area contributed by atoms with Gasteiger partial charge in [0.15, 0.2) is 0 Å². The van der Waals surface area contributed by atoms with Crippen molar-refractivity contribution in [2.75, 3.05) is 39.5 Å². The summed E-state index contributed by atoms with van der Waals surface area (Å²) in [5.41, 5.74) is 0.894. The van der Waals surface area contributed by atoms with Crippen LogP contribution >= 0.6 is 15.9 Å². The molecule has 0 atom stereocenters. The SMILES string of the molecule is C[N+](C)(C)CCCNC(=O)C(=O)c1cc(Br)ccc1NC(=O)c1ccc2ccccc2c1.[I-]. The molecule has 3 rings (SSSR count). The highest BCUT2D eigenvalue weighted by molar-refractivity contribution is 9.10. The predicted octanol–water partition coefficient (Wildman–Crippen LogP) is 1.25. The summed E-state index contributed by atoms with van der Waals surface area (Å²) in [5.74, 6) is -1.73. The van der Waals surface area contributed by atoms with E-state index in [9.17, 15) is 14.4 Å². The number of benzene rings is 3. The number of fused-ring (bicyclic) bond motifs is 1. The number of nitrogens with one attached hydrogen (secondary N) is 2. The summed E-state index contributed by atoms with van der Waals surface area (Å²) in [6.45, 7) is 1.28. The van der Waals surface area contributed by atoms with Gasteiger partial charge < -0.3 is 39.1 Å². The van der Waals surface area contributed by atoms with Gasteiger partial charge in [0, 0.05) is 23.0 Å². The standard InChI is InChI=1S/C25H26BrN3O3.HI/c1-29(2,3)14-6-13-27-25(32)23(30)21-16-20(26)11-12-22(21)28-24(31)19-10-9-17-7-4-5-8-18(17)15-19;/h4-5,7-12,15-16H,6,13-14H2,1-3H3,(H-,27,28,30,31,32);1H. The number of anilines is 1. The van der Waals surface area contributed by atoms with E-state index in [4.69, 9.17) is 0 Å². The lowest BCUT2D eigenvalue weighted by Gasteiger charge is -2.23. The van der Waals surface area contributed by atoms with Gasteiger partial charge in [-0.25, -0.2) is 0 Å². The Hall–Kier alpha value is -2.30. The van der Waals surface area contributed by atoms with Gasteiger partial charge in [0.25, 0.3) is 17.6 Å². The molecule has 0 aliphatic rings. The molecule has 0 aliphatic carbocycles. The molecule has 0 bridgehead atoms. The predicted molar refractivity (Wildman–Crippen MR) is 131 cm³/mol. The van der Waals surface area contributed by atoms with Crippen LogP contribution in [-0.2, 0) is 4.79 Å². The number of quaternary nitrogens is 1. The third-order valence-electron chi connectivity index (χ3n) is 4.98. The summed E-state index contributed by atoms with van der Waals surface area (Å²) in [7, 11) is 6.21. The molecule has 0 radical (unpaired) electrons. The van der Waals surface area contributed by atoms with Crippen LogP contribution in [0.1, 0.15) is 27.1 Å². The normalized spacial score (nSPS) is 10.9. The second-order valence-electron chi connectivity index (χ2n) is 8.66. The summed E-state index contributed by atoms with van der Waals surface area (Å²) in [5, 5.41) is 7.44. The summed E-state index contributed by atoms with van der Waals surface area (Å²) in [4.78, 5) is 38.1. The first kappa shape index (κ1) is 26.9. The van der Waals surface area contributed by atoms with Crippen LogP contribution in [0.15, 0.2) is 65.1 Å². The number of hydrogen-bond acceptors (Lipinski definition) is 3. The maximum absolute atomic E-state index is 12.9. The summed E-state index contributed by atoms with van der Waals surface area (Å²) in [6, 6.07) is 18.0. The maximum Gasteiger partial charge on any atom is 0.292 e. The van der Waals surface area contributed by atoms with Crippen LogP contribution in [0.25, 0.3) is 10.8 Å². The van der Waals surface area contributed by atoms with Gasteiger partial charge >= 0.3 is 0 Å². The molecule has 0 unspecified atom stereocenters. The molecule has 0 aliphatic heterocycles. The van der Waals surface area contributed by atoms with Crippen LogP contribution in [0.2, 0.25) is 0 Å². The lowest BCUT2D eigenvalue weighted by molar-refractivity contribution is -0.870. The first-order valence-electron chi connectivity index (χ1n) is 10.4. The first-order valence-corrected chi connectivity index (χ1v) is 11.2. The largest absolute Gasteiger partial charge is 1.00 e. The molecular formula is C25H27BrIN3O3. The van der Waals surface area contributed by atoms with E-state index in [1.807, 2.05) is 30.3 Å². The molecular weight excluding hydrogens is 597 g/mol.